The number of carbonyl (C=O) groups is 2. The molecule has 1 amide bonds. The van der Waals surface area contributed by atoms with Gasteiger partial charge in [-0.3, -0.25) is 9.59 Å². The molecule has 0 saturated carbocycles. The highest BCUT2D eigenvalue weighted by atomic mass is 35.5. The SMILES string of the molecule is COc1ccc([C@@H]2CC(=O)C3=C(C2)NC(=O)C[C@H]3c2ccc(Cl)cc2Cl)cc1. The molecule has 0 fully saturated rings. The van der Waals surface area contributed by atoms with Crippen LogP contribution in [0.2, 0.25) is 10.0 Å². The molecule has 2 atom stereocenters. The molecule has 1 heterocycles. The van der Waals surface area contributed by atoms with E-state index in [4.69, 9.17) is 27.9 Å². The van der Waals surface area contributed by atoms with Gasteiger partial charge in [-0.1, -0.05) is 41.4 Å². The number of ketones is 1. The molecule has 4 rings (SSSR count). The van der Waals surface area contributed by atoms with Crippen LogP contribution in [-0.4, -0.2) is 18.8 Å². The predicted molar refractivity (Wildman–Crippen MR) is 109 cm³/mol. The van der Waals surface area contributed by atoms with Gasteiger partial charge in [0.1, 0.15) is 5.75 Å². The van der Waals surface area contributed by atoms with Gasteiger partial charge in [-0.05, 0) is 47.7 Å². The predicted octanol–water partition coefficient (Wildman–Crippen LogP) is 5.01. The lowest BCUT2D eigenvalue weighted by molar-refractivity contribution is -0.122. The maximum absolute atomic E-state index is 13.1. The number of methoxy groups -OCH3 is 1. The summed E-state index contributed by atoms with van der Waals surface area (Å²) in [5.41, 5.74) is 3.21. The zero-order valence-corrected chi connectivity index (χ0v) is 16.8. The second kappa shape index (κ2) is 7.61. The summed E-state index contributed by atoms with van der Waals surface area (Å²) >= 11 is 12.4. The van der Waals surface area contributed by atoms with Gasteiger partial charge >= 0.3 is 0 Å². The van der Waals surface area contributed by atoms with Crippen LogP contribution in [-0.2, 0) is 9.59 Å². The Bertz CT molecular complexity index is 982. The van der Waals surface area contributed by atoms with Crippen molar-refractivity contribution < 1.29 is 14.3 Å². The van der Waals surface area contributed by atoms with Crippen molar-refractivity contribution in [3.63, 3.8) is 0 Å². The summed E-state index contributed by atoms with van der Waals surface area (Å²) in [4.78, 5) is 25.5. The van der Waals surface area contributed by atoms with Gasteiger partial charge in [-0.15, -0.1) is 0 Å². The molecular weight excluding hydrogens is 397 g/mol. The number of allylic oxidation sites excluding steroid dienone is 2. The fraction of sp³-hybridized carbons (Fsp3) is 0.273. The molecule has 2 aliphatic rings. The Labute approximate surface area is 173 Å². The average molecular weight is 416 g/mol. The first-order valence-corrected chi connectivity index (χ1v) is 9.87. The Hall–Kier alpha value is -2.30. The number of hydrogen-bond donors (Lipinski definition) is 1. The molecule has 1 aliphatic carbocycles. The smallest absolute Gasteiger partial charge is 0.225 e. The van der Waals surface area contributed by atoms with E-state index >= 15 is 0 Å². The third kappa shape index (κ3) is 3.54. The standard InChI is InChI=1S/C22H19Cl2NO3/c1-28-15-5-2-12(3-6-15)13-8-19-22(20(26)9-13)17(11-21(27)25-19)16-7-4-14(23)10-18(16)24/h2-7,10,13,17H,8-9,11H2,1H3,(H,25,27)/t13-,17-/m0/s1. The largest absolute Gasteiger partial charge is 0.497 e. The summed E-state index contributed by atoms with van der Waals surface area (Å²) in [5.74, 6) is 0.417. The van der Waals surface area contributed by atoms with Crippen LogP contribution in [0.25, 0.3) is 0 Å². The van der Waals surface area contributed by atoms with Gasteiger partial charge < -0.3 is 10.1 Å². The highest BCUT2D eigenvalue weighted by Gasteiger charge is 2.38. The number of amides is 1. The van der Waals surface area contributed by atoms with Crippen molar-refractivity contribution in [1.82, 2.24) is 5.32 Å². The number of Topliss-reactive ketones (excluding diaryl/α,β-unsaturated/α-hetero) is 1. The van der Waals surface area contributed by atoms with Crippen molar-refractivity contribution in [1.29, 1.82) is 0 Å². The molecule has 0 radical (unpaired) electrons. The van der Waals surface area contributed by atoms with Gasteiger partial charge in [0.15, 0.2) is 5.78 Å². The van der Waals surface area contributed by atoms with Crippen LogP contribution >= 0.6 is 23.2 Å². The molecule has 144 valence electrons. The lowest BCUT2D eigenvalue weighted by Crippen LogP contribution is -2.38. The van der Waals surface area contributed by atoms with Crippen LogP contribution < -0.4 is 10.1 Å². The van der Waals surface area contributed by atoms with E-state index in [1.54, 1.807) is 25.3 Å². The topological polar surface area (TPSA) is 55.4 Å². The molecule has 1 N–H and O–H groups in total. The van der Waals surface area contributed by atoms with Gasteiger partial charge in [0, 0.05) is 40.1 Å². The van der Waals surface area contributed by atoms with Gasteiger partial charge in [0.2, 0.25) is 5.91 Å². The van der Waals surface area contributed by atoms with Gasteiger partial charge in [0.05, 0.1) is 7.11 Å². The summed E-state index contributed by atoms with van der Waals surface area (Å²) in [7, 11) is 1.62. The van der Waals surface area contributed by atoms with E-state index in [0.29, 0.717) is 34.2 Å². The van der Waals surface area contributed by atoms with Crippen LogP contribution in [0.15, 0.2) is 53.7 Å². The highest BCUT2D eigenvalue weighted by molar-refractivity contribution is 6.35. The van der Waals surface area contributed by atoms with Crippen LogP contribution in [0, 0.1) is 0 Å². The van der Waals surface area contributed by atoms with Crippen molar-refractivity contribution in [2.75, 3.05) is 7.11 Å². The minimum Gasteiger partial charge on any atom is -0.497 e. The van der Waals surface area contributed by atoms with E-state index in [1.807, 2.05) is 24.3 Å². The molecule has 2 aromatic rings. The summed E-state index contributed by atoms with van der Waals surface area (Å²) in [6.45, 7) is 0. The first-order chi connectivity index (χ1) is 13.5. The minimum atomic E-state index is -0.335. The monoisotopic (exact) mass is 415 g/mol. The number of benzene rings is 2. The Kier molecular flexibility index (Phi) is 5.17. The van der Waals surface area contributed by atoms with Gasteiger partial charge in [0.25, 0.3) is 0 Å². The highest BCUT2D eigenvalue weighted by Crippen LogP contribution is 2.44. The van der Waals surface area contributed by atoms with Crippen LogP contribution in [0.5, 0.6) is 5.75 Å². The fourth-order valence-corrected chi connectivity index (χ4v) is 4.66. The van der Waals surface area contributed by atoms with Crippen molar-refractivity contribution in [2.45, 2.75) is 31.1 Å². The molecule has 0 aromatic heterocycles. The van der Waals surface area contributed by atoms with E-state index in [1.165, 1.54) is 0 Å². The van der Waals surface area contributed by atoms with Gasteiger partial charge in [-0.2, -0.15) is 0 Å². The molecule has 4 nitrogen and oxygen atoms in total. The number of carbonyl (C=O) groups excluding carboxylic acids is 2. The number of ether oxygens (including phenoxy) is 1. The number of nitrogens with one attached hydrogen (secondary N) is 1. The molecule has 28 heavy (non-hydrogen) atoms. The summed E-state index contributed by atoms with van der Waals surface area (Å²) < 4.78 is 5.21. The average Bonchev–Trinajstić information content (AvgIpc) is 2.67. The van der Waals surface area contributed by atoms with E-state index < -0.39 is 0 Å². The van der Waals surface area contributed by atoms with E-state index in [9.17, 15) is 9.59 Å². The second-order valence-electron chi connectivity index (χ2n) is 7.16. The first-order valence-electron chi connectivity index (χ1n) is 9.11. The Morgan fingerprint density at radius 2 is 1.75 bits per heavy atom. The third-order valence-electron chi connectivity index (χ3n) is 5.46. The zero-order valence-electron chi connectivity index (χ0n) is 15.3. The van der Waals surface area contributed by atoms with E-state index in [-0.39, 0.29) is 29.9 Å². The Balaban J connectivity index is 1.70. The lowest BCUT2D eigenvalue weighted by atomic mass is 9.73. The van der Waals surface area contributed by atoms with Crippen LogP contribution in [0.4, 0.5) is 0 Å². The molecule has 0 saturated heterocycles. The molecule has 0 unspecified atom stereocenters. The second-order valence-corrected chi connectivity index (χ2v) is 8.01. The Morgan fingerprint density at radius 1 is 1.00 bits per heavy atom. The summed E-state index contributed by atoms with van der Waals surface area (Å²) in [5, 5.41) is 3.93. The van der Waals surface area contributed by atoms with Crippen LogP contribution in [0.1, 0.15) is 42.2 Å². The lowest BCUT2D eigenvalue weighted by Gasteiger charge is -2.34. The number of rotatable bonds is 3. The fourth-order valence-electron chi connectivity index (χ4n) is 4.12. The minimum absolute atomic E-state index is 0.0249. The number of halogens is 2. The molecular formula is C22H19Cl2NO3. The molecule has 6 heteroatoms. The molecule has 0 bridgehead atoms. The molecule has 2 aromatic carbocycles. The molecule has 1 aliphatic heterocycles. The van der Waals surface area contributed by atoms with Crippen LogP contribution in [0.3, 0.4) is 0 Å². The number of hydrogen-bond acceptors (Lipinski definition) is 3. The van der Waals surface area contributed by atoms with E-state index in [2.05, 4.69) is 5.32 Å². The first kappa shape index (κ1) is 19.0. The zero-order chi connectivity index (χ0) is 19.8. The van der Waals surface area contributed by atoms with Crippen molar-refractivity contribution >= 4 is 34.9 Å². The maximum Gasteiger partial charge on any atom is 0.225 e. The maximum atomic E-state index is 13.1. The van der Waals surface area contributed by atoms with Crippen molar-refractivity contribution in [3.8, 4) is 5.75 Å². The molecule has 0 spiro atoms. The summed E-state index contributed by atoms with van der Waals surface area (Å²) in [6.07, 6.45) is 1.22. The third-order valence-corrected chi connectivity index (χ3v) is 6.02. The summed E-state index contributed by atoms with van der Waals surface area (Å²) in [6, 6.07) is 12.9. The normalized spacial score (nSPS) is 22.0. The Morgan fingerprint density at radius 3 is 2.43 bits per heavy atom. The van der Waals surface area contributed by atoms with E-state index in [0.717, 1.165) is 16.9 Å². The van der Waals surface area contributed by atoms with Gasteiger partial charge in [-0.25, -0.2) is 0 Å². The quantitative estimate of drug-likeness (QED) is 0.766. The van der Waals surface area contributed by atoms with Crippen molar-refractivity contribution in [2.24, 2.45) is 0 Å². The van der Waals surface area contributed by atoms with Crippen molar-refractivity contribution in [3.05, 3.63) is 74.9 Å².